The number of carbonyl (C=O) groups is 1. The van der Waals surface area contributed by atoms with Gasteiger partial charge in [0.25, 0.3) is 0 Å². The highest BCUT2D eigenvalue weighted by Gasteiger charge is 2.22. The number of methoxy groups -OCH3 is 1. The minimum Gasteiger partial charge on any atom is -0.497 e. The normalized spacial score (nSPS) is 20.1. The number of nitrogens with zero attached hydrogens (tertiary/aromatic N) is 2. The molecule has 2 unspecified atom stereocenters. The SMILES string of the molecule is CCN(CCN1CCCCC1C=O)C(C)Cc1ccc(OC)cc1. The van der Waals surface area contributed by atoms with Crippen LogP contribution in [0.5, 0.6) is 5.75 Å². The maximum absolute atomic E-state index is 11.2. The number of piperidine rings is 1. The zero-order valence-electron chi connectivity index (χ0n) is 15.4. The van der Waals surface area contributed by atoms with Gasteiger partial charge in [-0.05, 0) is 57.0 Å². The number of ether oxygens (including phenoxy) is 1. The van der Waals surface area contributed by atoms with E-state index in [1.54, 1.807) is 7.11 Å². The Morgan fingerprint density at radius 1 is 1.33 bits per heavy atom. The van der Waals surface area contributed by atoms with Gasteiger partial charge in [-0.3, -0.25) is 9.80 Å². The number of carbonyl (C=O) groups excluding carboxylic acids is 1. The van der Waals surface area contributed by atoms with Crippen molar-refractivity contribution < 1.29 is 9.53 Å². The molecule has 4 nitrogen and oxygen atoms in total. The van der Waals surface area contributed by atoms with E-state index in [1.165, 1.54) is 18.4 Å². The summed E-state index contributed by atoms with van der Waals surface area (Å²) < 4.78 is 5.22. The average Bonchev–Trinajstić information content (AvgIpc) is 2.63. The van der Waals surface area contributed by atoms with Crippen LogP contribution in [0.3, 0.4) is 0 Å². The second kappa shape index (κ2) is 9.80. The van der Waals surface area contributed by atoms with Crippen molar-refractivity contribution in [3.8, 4) is 5.75 Å². The average molecular weight is 332 g/mol. The summed E-state index contributed by atoms with van der Waals surface area (Å²) in [6.45, 7) is 8.63. The largest absolute Gasteiger partial charge is 0.497 e. The summed E-state index contributed by atoms with van der Waals surface area (Å²) in [6.07, 6.45) is 5.60. The molecule has 0 bridgehead atoms. The van der Waals surface area contributed by atoms with Crippen LogP contribution in [0.4, 0.5) is 0 Å². The zero-order chi connectivity index (χ0) is 17.4. The number of benzene rings is 1. The lowest BCUT2D eigenvalue weighted by Gasteiger charge is -2.35. The molecule has 1 aliphatic heterocycles. The van der Waals surface area contributed by atoms with Crippen molar-refractivity contribution in [2.24, 2.45) is 0 Å². The molecule has 1 fully saturated rings. The third-order valence-electron chi connectivity index (χ3n) is 5.22. The van der Waals surface area contributed by atoms with Gasteiger partial charge in [0.1, 0.15) is 12.0 Å². The second-order valence-corrected chi connectivity index (χ2v) is 6.76. The lowest BCUT2D eigenvalue weighted by molar-refractivity contribution is -0.113. The fraction of sp³-hybridized carbons (Fsp3) is 0.650. The van der Waals surface area contributed by atoms with Crippen LogP contribution in [0.25, 0.3) is 0 Å². The Labute approximate surface area is 146 Å². The van der Waals surface area contributed by atoms with Gasteiger partial charge < -0.3 is 9.53 Å². The second-order valence-electron chi connectivity index (χ2n) is 6.76. The van der Waals surface area contributed by atoms with Gasteiger partial charge in [-0.15, -0.1) is 0 Å². The molecule has 0 aromatic heterocycles. The summed E-state index contributed by atoms with van der Waals surface area (Å²) in [6, 6.07) is 8.98. The van der Waals surface area contributed by atoms with Crippen molar-refractivity contribution in [3.05, 3.63) is 29.8 Å². The molecule has 0 aliphatic carbocycles. The number of likely N-dealkylation sites (N-methyl/N-ethyl adjacent to an activating group) is 1. The first-order chi connectivity index (χ1) is 11.7. The van der Waals surface area contributed by atoms with Gasteiger partial charge >= 0.3 is 0 Å². The first-order valence-corrected chi connectivity index (χ1v) is 9.24. The summed E-state index contributed by atoms with van der Waals surface area (Å²) in [7, 11) is 1.70. The van der Waals surface area contributed by atoms with Gasteiger partial charge in [0.2, 0.25) is 0 Å². The van der Waals surface area contributed by atoms with E-state index in [1.807, 2.05) is 12.1 Å². The quantitative estimate of drug-likeness (QED) is 0.651. The van der Waals surface area contributed by atoms with Crippen molar-refractivity contribution in [1.82, 2.24) is 9.80 Å². The van der Waals surface area contributed by atoms with Crippen molar-refractivity contribution >= 4 is 6.29 Å². The van der Waals surface area contributed by atoms with E-state index in [0.29, 0.717) is 6.04 Å². The predicted molar refractivity (Wildman–Crippen MR) is 98.7 cm³/mol. The monoisotopic (exact) mass is 332 g/mol. The number of hydrogen-bond acceptors (Lipinski definition) is 4. The summed E-state index contributed by atoms with van der Waals surface area (Å²) in [5.41, 5.74) is 1.34. The Morgan fingerprint density at radius 3 is 2.71 bits per heavy atom. The molecule has 0 N–H and O–H groups in total. The summed E-state index contributed by atoms with van der Waals surface area (Å²) >= 11 is 0. The van der Waals surface area contributed by atoms with E-state index in [4.69, 9.17) is 4.74 Å². The molecule has 24 heavy (non-hydrogen) atoms. The molecule has 134 valence electrons. The first-order valence-electron chi connectivity index (χ1n) is 9.24. The highest BCUT2D eigenvalue weighted by Crippen LogP contribution is 2.17. The molecule has 1 aliphatic rings. The van der Waals surface area contributed by atoms with Gasteiger partial charge in [-0.2, -0.15) is 0 Å². The third kappa shape index (κ3) is 5.32. The van der Waals surface area contributed by atoms with Crippen LogP contribution in [-0.4, -0.2) is 61.5 Å². The van der Waals surface area contributed by atoms with Gasteiger partial charge in [0.05, 0.1) is 13.2 Å². The number of rotatable bonds is 9. The summed E-state index contributed by atoms with van der Waals surface area (Å²) in [5.74, 6) is 0.906. The Bertz CT molecular complexity index is 489. The van der Waals surface area contributed by atoms with Crippen LogP contribution in [0.1, 0.15) is 38.7 Å². The molecular weight excluding hydrogens is 300 g/mol. The maximum atomic E-state index is 11.2. The van der Waals surface area contributed by atoms with Crippen LogP contribution < -0.4 is 4.74 Å². The highest BCUT2D eigenvalue weighted by molar-refractivity contribution is 5.57. The molecule has 1 heterocycles. The van der Waals surface area contributed by atoms with Gasteiger partial charge in [-0.25, -0.2) is 0 Å². The fourth-order valence-electron chi connectivity index (χ4n) is 3.63. The van der Waals surface area contributed by atoms with E-state index in [9.17, 15) is 4.79 Å². The molecule has 0 saturated carbocycles. The standard InChI is InChI=1S/C20H32N2O2/c1-4-21(13-14-22-12-6-5-7-19(22)16-23)17(2)15-18-8-10-20(24-3)11-9-18/h8-11,16-17,19H,4-7,12-15H2,1-3H3. The highest BCUT2D eigenvalue weighted by atomic mass is 16.5. The molecule has 2 atom stereocenters. The zero-order valence-corrected chi connectivity index (χ0v) is 15.4. The number of hydrogen-bond donors (Lipinski definition) is 0. The van der Waals surface area contributed by atoms with Crippen molar-refractivity contribution in [2.75, 3.05) is 33.3 Å². The smallest absolute Gasteiger partial charge is 0.137 e. The topological polar surface area (TPSA) is 32.8 Å². The minimum absolute atomic E-state index is 0.134. The van der Waals surface area contributed by atoms with Crippen LogP contribution >= 0.6 is 0 Å². The first kappa shape index (κ1) is 18.9. The molecule has 0 amide bonds. The van der Waals surface area contributed by atoms with Gasteiger partial charge in [0.15, 0.2) is 0 Å². The van der Waals surface area contributed by atoms with Crippen molar-refractivity contribution in [2.45, 2.75) is 51.6 Å². The molecular formula is C20H32N2O2. The van der Waals surface area contributed by atoms with E-state index in [-0.39, 0.29) is 6.04 Å². The fourth-order valence-corrected chi connectivity index (χ4v) is 3.63. The van der Waals surface area contributed by atoms with E-state index in [2.05, 4.69) is 35.8 Å². The number of aldehydes is 1. The molecule has 1 aromatic carbocycles. The van der Waals surface area contributed by atoms with Crippen molar-refractivity contribution in [3.63, 3.8) is 0 Å². The molecule has 0 spiro atoms. The Balaban J connectivity index is 1.85. The van der Waals surface area contributed by atoms with E-state index in [0.717, 1.165) is 51.1 Å². The predicted octanol–water partition coefficient (Wildman–Crippen LogP) is 3.00. The Hall–Kier alpha value is -1.39. The lowest BCUT2D eigenvalue weighted by atomic mass is 10.0. The maximum Gasteiger partial charge on any atom is 0.137 e. The molecule has 2 rings (SSSR count). The Morgan fingerprint density at radius 2 is 2.08 bits per heavy atom. The summed E-state index contributed by atoms with van der Waals surface area (Å²) in [4.78, 5) is 16.1. The molecule has 4 heteroatoms. The Kier molecular flexibility index (Phi) is 7.73. The number of likely N-dealkylation sites (tertiary alicyclic amines) is 1. The van der Waals surface area contributed by atoms with Crippen LogP contribution in [-0.2, 0) is 11.2 Å². The lowest BCUT2D eigenvalue weighted by Crippen LogP contribution is -2.46. The van der Waals surface area contributed by atoms with Gasteiger partial charge in [-0.1, -0.05) is 25.5 Å². The van der Waals surface area contributed by atoms with E-state index >= 15 is 0 Å². The van der Waals surface area contributed by atoms with Crippen molar-refractivity contribution in [1.29, 1.82) is 0 Å². The van der Waals surface area contributed by atoms with E-state index < -0.39 is 0 Å². The third-order valence-corrected chi connectivity index (χ3v) is 5.22. The minimum atomic E-state index is 0.134. The van der Waals surface area contributed by atoms with Crippen LogP contribution in [0.2, 0.25) is 0 Å². The molecule has 1 aromatic rings. The van der Waals surface area contributed by atoms with Gasteiger partial charge in [0, 0.05) is 19.1 Å². The summed E-state index contributed by atoms with van der Waals surface area (Å²) in [5, 5.41) is 0. The molecule has 1 saturated heterocycles. The molecule has 0 radical (unpaired) electrons. The van der Waals surface area contributed by atoms with Crippen LogP contribution in [0.15, 0.2) is 24.3 Å². The van der Waals surface area contributed by atoms with Crippen LogP contribution in [0, 0.1) is 0 Å².